The van der Waals surface area contributed by atoms with E-state index < -0.39 is 11.4 Å². The van der Waals surface area contributed by atoms with Gasteiger partial charge in [0.2, 0.25) is 5.91 Å². The first-order valence-electron chi connectivity index (χ1n) is 5.85. The van der Waals surface area contributed by atoms with Crippen LogP contribution in [0.4, 0.5) is 0 Å². The molecule has 18 heavy (non-hydrogen) atoms. The van der Waals surface area contributed by atoms with Crippen LogP contribution in [0, 0.1) is 0 Å². The summed E-state index contributed by atoms with van der Waals surface area (Å²) in [7, 11) is 0. The van der Waals surface area contributed by atoms with E-state index in [0.717, 1.165) is 6.42 Å². The minimum Gasteiger partial charge on any atom is -0.368 e. The van der Waals surface area contributed by atoms with E-state index in [-0.39, 0.29) is 6.04 Å². The minimum atomic E-state index is -1.03. The highest BCUT2D eigenvalue weighted by molar-refractivity contribution is 6.42. The van der Waals surface area contributed by atoms with Gasteiger partial charge in [-0.1, -0.05) is 42.3 Å². The first-order chi connectivity index (χ1) is 8.32. The summed E-state index contributed by atoms with van der Waals surface area (Å²) in [6, 6.07) is 5.33. The Kier molecular flexibility index (Phi) is 5.02. The topological polar surface area (TPSA) is 55.1 Å². The van der Waals surface area contributed by atoms with Crippen LogP contribution in [0.25, 0.3) is 0 Å². The molecule has 0 aliphatic carbocycles. The zero-order valence-electron chi connectivity index (χ0n) is 10.8. The third-order valence-corrected chi connectivity index (χ3v) is 3.95. The number of hydrogen-bond acceptors (Lipinski definition) is 2. The molecule has 2 unspecified atom stereocenters. The number of benzene rings is 1. The Labute approximate surface area is 118 Å². The van der Waals surface area contributed by atoms with Crippen molar-refractivity contribution in [3.05, 3.63) is 33.8 Å². The molecule has 0 saturated heterocycles. The maximum atomic E-state index is 11.8. The predicted molar refractivity (Wildman–Crippen MR) is 75.9 cm³/mol. The molecule has 100 valence electrons. The number of nitrogens with one attached hydrogen (secondary N) is 1. The van der Waals surface area contributed by atoms with Crippen LogP contribution < -0.4 is 11.1 Å². The van der Waals surface area contributed by atoms with E-state index in [1.54, 1.807) is 25.1 Å². The van der Waals surface area contributed by atoms with Crippen molar-refractivity contribution in [2.45, 2.75) is 38.8 Å². The highest BCUT2D eigenvalue weighted by Crippen LogP contribution is 2.33. The van der Waals surface area contributed by atoms with Gasteiger partial charge in [-0.15, -0.1) is 0 Å². The van der Waals surface area contributed by atoms with Gasteiger partial charge in [0, 0.05) is 11.6 Å². The number of nitrogens with two attached hydrogens (primary N) is 1. The van der Waals surface area contributed by atoms with E-state index in [0.29, 0.717) is 15.6 Å². The van der Waals surface area contributed by atoms with Gasteiger partial charge in [0.1, 0.15) is 5.54 Å². The molecule has 1 amide bonds. The Morgan fingerprint density at radius 1 is 1.50 bits per heavy atom. The smallest absolute Gasteiger partial charge is 0.242 e. The van der Waals surface area contributed by atoms with Crippen molar-refractivity contribution in [2.75, 3.05) is 0 Å². The van der Waals surface area contributed by atoms with Crippen molar-refractivity contribution in [3.63, 3.8) is 0 Å². The van der Waals surface area contributed by atoms with Gasteiger partial charge >= 0.3 is 0 Å². The molecular formula is C13H18Cl2N2O. The summed E-state index contributed by atoms with van der Waals surface area (Å²) in [5, 5.41) is 3.98. The van der Waals surface area contributed by atoms with E-state index in [1.807, 2.05) is 13.8 Å². The molecule has 0 aliphatic rings. The van der Waals surface area contributed by atoms with Crippen molar-refractivity contribution in [3.8, 4) is 0 Å². The van der Waals surface area contributed by atoms with Crippen molar-refractivity contribution < 1.29 is 4.79 Å². The molecular weight excluding hydrogens is 271 g/mol. The van der Waals surface area contributed by atoms with Crippen LogP contribution in [-0.2, 0) is 10.3 Å². The Hall–Kier alpha value is -0.770. The standard InChI is InChI=1S/C13H18Cl2N2O/c1-4-8(2)17-13(3,12(16)18)9-6-5-7-10(14)11(9)15/h5-8,17H,4H2,1-3H3,(H2,16,18). The number of halogens is 2. The highest BCUT2D eigenvalue weighted by atomic mass is 35.5. The van der Waals surface area contributed by atoms with Gasteiger partial charge in [-0.05, 0) is 26.3 Å². The summed E-state index contributed by atoms with van der Waals surface area (Å²) < 4.78 is 0. The SMILES string of the molecule is CCC(C)NC(C)(C(N)=O)c1cccc(Cl)c1Cl. The lowest BCUT2D eigenvalue weighted by atomic mass is 9.90. The summed E-state index contributed by atoms with van der Waals surface area (Å²) in [5.74, 6) is -0.480. The van der Waals surface area contributed by atoms with Crippen molar-refractivity contribution in [1.29, 1.82) is 0 Å². The van der Waals surface area contributed by atoms with Crippen LogP contribution in [0.15, 0.2) is 18.2 Å². The van der Waals surface area contributed by atoms with Crippen LogP contribution in [0.1, 0.15) is 32.8 Å². The molecule has 1 aromatic rings. The van der Waals surface area contributed by atoms with E-state index in [9.17, 15) is 4.79 Å². The predicted octanol–water partition coefficient (Wildman–Crippen LogP) is 3.08. The maximum Gasteiger partial charge on any atom is 0.242 e. The molecule has 3 N–H and O–H groups in total. The van der Waals surface area contributed by atoms with Crippen LogP contribution in [0.5, 0.6) is 0 Å². The van der Waals surface area contributed by atoms with Gasteiger partial charge in [-0.3, -0.25) is 10.1 Å². The van der Waals surface area contributed by atoms with E-state index >= 15 is 0 Å². The van der Waals surface area contributed by atoms with Crippen LogP contribution >= 0.6 is 23.2 Å². The van der Waals surface area contributed by atoms with Gasteiger partial charge in [0.05, 0.1) is 10.0 Å². The Bertz CT molecular complexity index is 451. The second-order valence-electron chi connectivity index (χ2n) is 4.54. The third-order valence-electron chi connectivity index (χ3n) is 3.13. The molecule has 0 bridgehead atoms. The summed E-state index contributed by atoms with van der Waals surface area (Å²) in [4.78, 5) is 11.8. The number of primary amides is 1. The number of hydrogen-bond donors (Lipinski definition) is 2. The second-order valence-corrected chi connectivity index (χ2v) is 5.33. The van der Waals surface area contributed by atoms with Crippen LogP contribution in [0.3, 0.4) is 0 Å². The van der Waals surface area contributed by atoms with Gasteiger partial charge in [-0.2, -0.15) is 0 Å². The van der Waals surface area contributed by atoms with Crippen LogP contribution in [-0.4, -0.2) is 11.9 Å². The number of amides is 1. The van der Waals surface area contributed by atoms with E-state index in [2.05, 4.69) is 5.32 Å². The Morgan fingerprint density at radius 2 is 2.11 bits per heavy atom. The first-order valence-corrected chi connectivity index (χ1v) is 6.60. The average Bonchev–Trinajstić information content (AvgIpc) is 2.32. The fraction of sp³-hybridized carbons (Fsp3) is 0.462. The third kappa shape index (κ3) is 2.97. The zero-order valence-corrected chi connectivity index (χ0v) is 12.3. The average molecular weight is 289 g/mol. The molecule has 1 aromatic carbocycles. The van der Waals surface area contributed by atoms with Gasteiger partial charge < -0.3 is 5.73 Å². The van der Waals surface area contributed by atoms with Gasteiger partial charge in [0.25, 0.3) is 0 Å². The number of carbonyl (C=O) groups is 1. The van der Waals surface area contributed by atoms with Crippen molar-refractivity contribution in [2.24, 2.45) is 5.73 Å². The molecule has 0 spiro atoms. The summed E-state index contributed by atoms with van der Waals surface area (Å²) in [5.41, 5.74) is 5.09. The second kappa shape index (κ2) is 5.91. The fourth-order valence-electron chi connectivity index (χ4n) is 1.77. The summed E-state index contributed by atoms with van der Waals surface area (Å²) in [6.45, 7) is 5.73. The molecule has 0 saturated carbocycles. The number of carbonyl (C=O) groups excluding carboxylic acids is 1. The lowest BCUT2D eigenvalue weighted by molar-refractivity contribution is -0.124. The molecule has 3 nitrogen and oxygen atoms in total. The lowest BCUT2D eigenvalue weighted by Crippen LogP contribution is -2.53. The molecule has 5 heteroatoms. The Balaban J connectivity index is 3.27. The number of rotatable bonds is 5. The molecule has 2 atom stereocenters. The molecule has 0 radical (unpaired) electrons. The zero-order chi connectivity index (χ0) is 13.9. The highest BCUT2D eigenvalue weighted by Gasteiger charge is 2.36. The summed E-state index contributed by atoms with van der Waals surface area (Å²) in [6.07, 6.45) is 0.876. The molecule has 0 aromatic heterocycles. The largest absolute Gasteiger partial charge is 0.368 e. The molecule has 0 aliphatic heterocycles. The van der Waals surface area contributed by atoms with E-state index in [4.69, 9.17) is 28.9 Å². The fourth-order valence-corrected chi connectivity index (χ4v) is 2.26. The Morgan fingerprint density at radius 3 is 2.61 bits per heavy atom. The maximum absolute atomic E-state index is 11.8. The molecule has 0 fully saturated rings. The van der Waals surface area contributed by atoms with E-state index in [1.165, 1.54) is 0 Å². The quantitative estimate of drug-likeness (QED) is 0.875. The first kappa shape index (κ1) is 15.3. The van der Waals surface area contributed by atoms with Gasteiger partial charge in [-0.25, -0.2) is 0 Å². The van der Waals surface area contributed by atoms with Crippen molar-refractivity contribution in [1.82, 2.24) is 5.32 Å². The minimum absolute atomic E-state index is 0.137. The summed E-state index contributed by atoms with van der Waals surface area (Å²) >= 11 is 12.2. The molecule has 1 rings (SSSR count). The van der Waals surface area contributed by atoms with Gasteiger partial charge in [0.15, 0.2) is 0 Å². The van der Waals surface area contributed by atoms with Crippen molar-refractivity contribution >= 4 is 29.1 Å². The molecule has 0 heterocycles. The normalized spacial score (nSPS) is 16.1. The lowest BCUT2D eigenvalue weighted by Gasteiger charge is -2.32. The van der Waals surface area contributed by atoms with Crippen LogP contribution in [0.2, 0.25) is 10.0 Å². The monoisotopic (exact) mass is 288 g/mol.